The Balaban J connectivity index is 2.56. The van der Waals surface area contributed by atoms with Crippen molar-refractivity contribution in [2.75, 3.05) is 0 Å². The highest BCUT2D eigenvalue weighted by molar-refractivity contribution is 7.11. The zero-order chi connectivity index (χ0) is 18.0. The second kappa shape index (κ2) is 6.83. The Labute approximate surface area is 145 Å². The van der Waals surface area contributed by atoms with Crippen molar-refractivity contribution in [3.63, 3.8) is 0 Å². The summed E-state index contributed by atoms with van der Waals surface area (Å²) < 4.78 is 6.00. The lowest BCUT2D eigenvalue weighted by Gasteiger charge is -2.35. The van der Waals surface area contributed by atoms with Crippen LogP contribution in [0.4, 0.5) is 0 Å². The third kappa shape index (κ3) is 4.07. The van der Waals surface area contributed by atoms with Crippen LogP contribution in [-0.2, 0) is 21.6 Å². The molecule has 2 aromatic rings. The van der Waals surface area contributed by atoms with E-state index < -0.39 is 17.2 Å². The first kappa shape index (κ1) is 18.3. The van der Waals surface area contributed by atoms with Crippen LogP contribution in [0.3, 0.4) is 0 Å². The number of hydrogen-bond acceptors (Lipinski definition) is 5. The van der Waals surface area contributed by atoms with Gasteiger partial charge in [0.15, 0.2) is 10.8 Å². The molecule has 0 aliphatic rings. The molecule has 1 N–H and O–H groups in total. The van der Waals surface area contributed by atoms with E-state index in [1.54, 1.807) is 26.2 Å². The molecule has 1 heterocycles. The molecule has 1 atom stereocenters. The minimum atomic E-state index is -1.65. The quantitative estimate of drug-likeness (QED) is 0.807. The van der Waals surface area contributed by atoms with E-state index >= 15 is 0 Å². The third-order valence-corrected chi connectivity index (χ3v) is 4.28. The van der Waals surface area contributed by atoms with Gasteiger partial charge in [-0.05, 0) is 26.3 Å². The zero-order valence-corrected chi connectivity index (χ0v) is 15.0. The number of benzene rings is 1. The third-order valence-electron chi connectivity index (χ3n) is 3.34. The maximum atomic E-state index is 12.2. The van der Waals surface area contributed by atoms with E-state index in [-0.39, 0.29) is 22.9 Å². The van der Waals surface area contributed by atoms with E-state index in [4.69, 9.17) is 4.74 Å². The van der Waals surface area contributed by atoms with Gasteiger partial charge in [0.1, 0.15) is 0 Å². The Bertz CT molecular complexity index is 733. The predicted molar refractivity (Wildman–Crippen MR) is 92.4 cm³/mol. The Kier molecular flexibility index (Phi) is 5.20. The van der Waals surface area contributed by atoms with E-state index in [9.17, 15) is 14.7 Å². The smallest absolute Gasteiger partial charge is 0.342 e. The molecular weight excluding hydrogens is 326 g/mol. The lowest BCUT2D eigenvalue weighted by molar-refractivity contribution is -0.188. The van der Waals surface area contributed by atoms with E-state index in [1.165, 1.54) is 6.92 Å². The van der Waals surface area contributed by atoms with Gasteiger partial charge < -0.3 is 9.84 Å². The molecule has 1 aromatic heterocycles. The summed E-state index contributed by atoms with van der Waals surface area (Å²) in [5, 5.41) is 11.9. The van der Waals surface area contributed by atoms with Crippen LogP contribution in [0.5, 0.6) is 0 Å². The summed E-state index contributed by atoms with van der Waals surface area (Å²) in [5.41, 5.74) is -1.28. The number of nitrogens with zero attached hydrogens (tertiary/aromatic N) is 1. The molecule has 0 fully saturated rings. The van der Waals surface area contributed by atoms with Gasteiger partial charge in [0, 0.05) is 18.7 Å². The molecule has 0 saturated heterocycles. The lowest BCUT2D eigenvalue weighted by atomic mass is 9.90. The number of aromatic nitrogens is 1. The molecule has 0 radical (unpaired) electrons. The van der Waals surface area contributed by atoms with Crippen molar-refractivity contribution in [2.45, 2.75) is 45.3 Å². The molecule has 24 heavy (non-hydrogen) atoms. The largest absolute Gasteiger partial charge is 0.479 e. The second-order valence-electron chi connectivity index (χ2n) is 6.60. The van der Waals surface area contributed by atoms with Crippen molar-refractivity contribution in [3.05, 3.63) is 52.0 Å². The van der Waals surface area contributed by atoms with Gasteiger partial charge >= 0.3 is 5.97 Å². The number of hydrogen-bond donors (Lipinski definition) is 1. The number of thiazole rings is 1. The molecule has 0 bridgehead atoms. The summed E-state index contributed by atoms with van der Waals surface area (Å²) in [4.78, 5) is 28.0. The number of rotatable bonds is 6. The van der Waals surface area contributed by atoms with Crippen molar-refractivity contribution >= 4 is 23.1 Å². The van der Waals surface area contributed by atoms with E-state index in [0.29, 0.717) is 0 Å². The number of aliphatic carboxylic acids is 1. The first-order chi connectivity index (χ1) is 11.1. The summed E-state index contributed by atoms with van der Waals surface area (Å²) in [6.45, 7) is 6.81. The van der Waals surface area contributed by atoms with Gasteiger partial charge in [-0.2, -0.15) is 0 Å². The van der Waals surface area contributed by atoms with Gasteiger partial charge in [-0.1, -0.05) is 30.3 Å². The maximum Gasteiger partial charge on any atom is 0.342 e. The van der Waals surface area contributed by atoms with Crippen LogP contribution < -0.4 is 0 Å². The molecule has 1 unspecified atom stereocenters. The molecule has 0 aliphatic carbocycles. The van der Waals surface area contributed by atoms with Crippen LogP contribution in [0.15, 0.2) is 35.7 Å². The number of ether oxygens (including phenoxy) is 1. The number of carbonyl (C=O) groups excluding carboxylic acids is 1. The highest BCUT2D eigenvalue weighted by atomic mass is 32.1. The Morgan fingerprint density at radius 2 is 1.83 bits per heavy atom. The molecule has 5 nitrogen and oxygen atoms in total. The average molecular weight is 347 g/mol. The first-order valence-corrected chi connectivity index (χ1v) is 8.46. The van der Waals surface area contributed by atoms with Crippen LogP contribution in [0.25, 0.3) is 0 Å². The molecular formula is C18H21NO4S. The Hall–Kier alpha value is -2.05. The predicted octanol–water partition coefficient (Wildman–Crippen LogP) is 3.68. The molecule has 1 aromatic carbocycles. The average Bonchev–Trinajstić information content (AvgIpc) is 2.96. The molecule has 128 valence electrons. The molecule has 0 saturated carbocycles. The van der Waals surface area contributed by atoms with Gasteiger partial charge in [-0.15, -0.1) is 11.3 Å². The Morgan fingerprint density at radius 3 is 2.29 bits per heavy atom. The van der Waals surface area contributed by atoms with Crippen LogP contribution in [-0.4, -0.2) is 27.4 Å². The van der Waals surface area contributed by atoms with Crippen molar-refractivity contribution in [1.29, 1.82) is 0 Å². The van der Waals surface area contributed by atoms with Crippen molar-refractivity contribution in [2.24, 2.45) is 0 Å². The summed E-state index contributed by atoms with van der Waals surface area (Å²) in [7, 11) is 0. The minimum absolute atomic E-state index is 0.127. The molecule has 0 spiro atoms. The van der Waals surface area contributed by atoms with Crippen molar-refractivity contribution in [3.8, 4) is 0 Å². The van der Waals surface area contributed by atoms with Crippen molar-refractivity contribution < 1.29 is 19.4 Å². The number of carboxylic acid groups (broad SMARTS) is 1. The zero-order valence-electron chi connectivity index (χ0n) is 14.2. The fourth-order valence-corrected chi connectivity index (χ4v) is 3.22. The molecule has 0 amide bonds. The van der Waals surface area contributed by atoms with Gasteiger partial charge in [0.05, 0.1) is 11.3 Å². The maximum absolute atomic E-state index is 12.2. The summed E-state index contributed by atoms with van der Waals surface area (Å²) in [6, 6.07) is 9.26. The van der Waals surface area contributed by atoms with Crippen LogP contribution in [0.2, 0.25) is 0 Å². The highest BCUT2D eigenvalue weighted by Crippen LogP contribution is 2.35. The standard InChI is InChI=1S/C18H21NO4S/c1-12(20)15-19-14(11-24-15)18(16(21)22,23-17(2,3)4)10-13-8-6-5-7-9-13/h5-9,11H,10H2,1-4H3,(H,21,22). The Morgan fingerprint density at radius 1 is 1.21 bits per heavy atom. The summed E-state index contributed by atoms with van der Waals surface area (Å²) >= 11 is 1.13. The number of ketones is 1. The molecule has 2 rings (SSSR count). The van der Waals surface area contributed by atoms with E-state index in [2.05, 4.69) is 4.98 Å². The lowest BCUT2D eigenvalue weighted by Crippen LogP contribution is -2.46. The van der Waals surface area contributed by atoms with Gasteiger partial charge in [-0.25, -0.2) is 9.78 Å². The van der Waals surface area contributed by atoms with E-state index in [0.717, 1.165) is 16.9 Å². The minimum Gasteiger partial charge on any atom is -0.479 e. The van der Waals surface area contributed by atoms with Gasteiger partial charge in [-0.3, -0.25) is 4.79 Å². The number of carbonyl (C=O) groups is 2. The monoisotopic (exact) mass is 347 g/mol. The van der Waals surface area contributed by atoms with Crippen LogP contribution in [0.1, 0.15) is 48.8 Å². The topological polar surface area (TPSA) is 76.5 Å². The fourth-order valence-electron chi connectivity index (χ4n) is 2.43. The first-order valence-electron chi connectivity index (χ1n) is 7.58. The fraction of sp³-hybridized carbons (Fsp3) is 0.389. The van der Waals surface area contributed by atoms with Crippen LogP contribution >= 0.6 is 11.3 Å². The highest BCUT2D eigenvalue weighted by Gasteiger charge is 2.47. The van der Waals surface area contributed by atoms with Gasteiger partial charge in [0.25, 0.3) is 0 Å². The number of carboxylic acids is 1. The summed E-state index contributed by atoms with van der Waals surface area (Å²) in [5.74, 6) is -1.32. The number of Topliss-reactive ketones (excluding diaryl/α,β-unsaturated/α-hetero) is 1. The molecule has 6 heteroatoms. The van der Waals surface area contributed by atoms with E-state index in [1.807, 2.05) is 30.3 Å². The van der Waals surface area contributed by atoms with Crippen LogP contribution in [0, 0.1) is 0 Å². The van der Waals surface area contributed by atoms with Crippen molar-refractivity contribution in [1.82, 2.24) is 4.98 Å². The van der Waals surface area contributed by atoms with Gasteiger partial charge in [0.2, 0.25) is 5.60 Å². The molecule has 0 aliphatic heterocycles. The summed E-state index contributed by atoms with van der Waals surface area (Å²) in [6.07, 6.45) is 0.127. The SMILES string of the molecule is CC(=O)c1nc(C(Cc2ccccc2)(OC(C)(C)C)C(=O)O)cs1. The normalized spacial score (nSPS) is 14.2. The second-order valence-corrected chi connectivity index (χ2v) is 7.46.